The third-order valence-electron chi connectivity index (χ3n) is 5.69. The maximum absolute atomic E-state index is 13.3. The van der Waals surface area contributed by atoms with Gasteiger partial charge in [-0.2, -0.15) is 0 Å². The number of carbonyl (C=O) groups is 2. The Bertz CT molecular complexity index is 1060. The van der Waals surface area contributed by atoms with Gasteiger partial charge in [0.15, 0.2) is 0 Å². The Kier molecular flexibility index (Phi) is 10.3. The Morgan fingerprint density at radius 3 is 2.57 bits per heavy atom. The molecule has 0 unspecified atom stereocenters. The Hall–Kier alpha value is -2.69. The van der Waals surface area contributed by atoms with Crippen LogP contribution in [-0.2, 0) is 16.1 Å². The van der Waals surface area contributed by atoms with Crippen molar-refractivity contribution in [2.75, 3.05) is 13.2 Å². The number of aliphatic hydroxyl groups excluding tert-OH is 2. The van der Waals surface area contributed by atoms with Crippen molar-refractivity contribution in [3.8, 4) is 5.75 Å². The van der Waals surface area contributed by atoms with E-state index in [9.17, 15) is 14.7 Å². The van der Waals surface area contributed by atoms with Crippen LogP contribution < -0.4 is 10.1 Å². The van der Waals surface area contributed by atoms with Gasteiger partial charge in [-0.15, -0.1) is 0 Å². The lowest BCUT2D eigenvalue weighted by Crippen LogP contribution is -2.54. The fourth-order valence-corrected chi connectivity index (χ4v) is 4.43. The molecule has 3 atom stereocenters. The number of rotatable bonds is 10. The standard InChI is InChI=1S/C27H31IN2O5/c1-2-3-13-25(32)30(18-19-9-5-4-6-10-19)22-16-20(27(34)29-14-15-31)17-24(26(22)33)35-23-12-8-7-11-21(23)28/h3-13,17,22,24,26,31,33H,2,14-16,18H2,1H3,(H,29,34)/t22-,24+,26+/m1/s1. The van der Waals surface area contributed by atoms with E-state index in [0.29, 0.717) is 17.7 Å². The summed E-state index contributed by atoms with van der Waals surface area (Å²) in [5.41, 5.74) is 1.31. The van der Waals surface area contributed by atoms with Crippen molar-refractivity contribution in [3.05, 3.63) is 87.5 Å². The second-order valence-corrected chi connectivity index (χ2v) is 9.37. The number of nitrogens with one attached hydrogen (secondary N) is 1. The number of ether oxygens (including phenoxy) is 1. The first-order valence-electron chi connectivity index (χ1n) is 11.6. The minimum absolute atomic E-state index is 0.109. The lowest BCUT2D eigenvalue weighted by molar-refractivity contribution is -0.134. The molecule has 1 aliphatic rings. The highest BCUT2D eigenvalue weighted by Crippen LogP contribution is 2.30. The normalized spacial score (nSPS) is 19.8. The molecule has 2 aromatic carbocycles. The first-order valence-corrected chi connectivity index (χ1v) is 12.7. The average molecular weight is 590 g/mol. The van der Waals surface area contributed by atoms with Crippen molar-refractivity contribution in [1.82, 2.24) is 10.2 Å². The molecule has 186 valence electrons. The molecule has 0 aromatic heterocycles. The van der Waals surface area contributed by atoms with Gasteiger partial charge in [-0.25, -0.2) is 0 Å². The number of halogens is 1. The molecule has 0 spiro atoms. The fraction of sp³-hybridized carbons (Fsp3) is 0.333. The first-order chi connectivity index (χ1) is 16.9. The van der Waals surface area contributed by atoms with E-state index >= 15 is 0 Å². The Balaban J connectivity index is 1.97. The van der Waals surface area contributed by atoms with Gasteiger partial charge in [-0.05, 0) is 58.9 Å². The number of hydrogen-bond donors (Lipinski definition) is 3. The third kappa shape index (κ3) is 7.39. The summed E-state index contributed by atoms with van der Waals surface area (Å²) in [4.78, 5) is 27.7. The minimum atomic E-state index is -1.07. The molecule has 7 nitrogen and oxygen atoms in total. The molecule has 1 aliphatic carbocycles. The number of hydrogen-bond acceptors (Lipinski definition) is 5. The molecule has 35 heavy (non-hydrogen) atoms. The number of carbonyl (C=O) groups excluding carboxylic acids is 2. The maximum Gasteiger partial charge on any atom is 0.247 e. The van der Waals surface area contributed by atoms with Crippen molar-refractivity contribution < 1.29 is 24.5 Å². The van der Waals surface area contributed by atoms with Gasteiger partial charge in [0, 0.05) is 25.1 Å². The molecule has 0 fully saturated rings. The monoisotopic (exact) mass is 590 g/mol. The molecule has 0 heterocycles. The largest absolute Gasteiger partial charge is 0.482 e. The van der Waals surface area contributed by atoms with Crippen molar-refractivity contribution in [2.45, 2.75) is 44.6 Å². The average Bonchev–Trinajstić information content (AvgIpc) is 2.87. The summed E-state index contributed by atoms with van der Waals surface area (Å²) >= 11 is 2.15. The van der Waals surface area contributed by atoms with Crippen LogP contribution in [-0.4, -0.2) is 58.3 Å². The van der Waals surface area contributed by atoms with Crippen LogP contribution in [0.1, 0.15) is 25.3 Å². The predicted octanol–water partition coefficient (Wildman–Crippen LogP) is 3.20. The second kappa shape index (κ2) is 13.4. The van der Waals surface area contributed by atoms with Crippen LogP contribution in [0.25, 0.3) is 0 Å². The fourth-order valence-electron chi connectivity index (χ4n) is 3.92. The molecule has 2 amide bonds. The van der Waals surface area contributed by atoms with Crippen LogP contribution in [0, 0.1) is 3.57 Å². The van der Waals surface area contributed by atoms with E-state index in [-0.39, 0.29) is 37.9 Å². The van der Waals surface area contributed by atoms with Crippen molar-refractivity contribution in [2.24, 2.45) is 0 Å². The predicted molar refractivity (Wildman–Crippen MR) is 143 cm³/mol. The van der Waals surface area contributed by atoms with Crippen molar-refractivity contribution in [3.63, 3.8) is 0 Å². The van der Waals surface area contributed by atoms with Gasteiger partial charge >= 0.3 is 0 Å². The number of nitrogens with zero attached hydrogens (tertiary/aromatic N) is 1. The van der Waals surface area contributed by atoms with Crippen LogP contribution in [0.15, 0.2) is 78.4 Å². The summed E-state index contributed by atoms with van der Waals surface area (Å²) in [6.45, 7) is 2.14. The quantitative estimate of drug-likeness (QED) is 0.292. The highest BCUT2D eigenvalue weighted by molar-refractivity contribution is 14.1. The number of aliphatic hydroxyl groups is 2. The molecule has 2 aromatic rings. The molecule has 8 heteroatoms. The zero-order valence-electron chi connectivity index (χ0n) is 19.6. The molecule has 0 aliphatic heterocycles. The number of para-hydroxylation sites is 1. The molecular weight excluding hydrogens is 559 g/mol. The lowest BCUT2D eigenvalue weighted by atomic mass is 9.87. The summed E-state index contributed by atoms with van der Waals surface area (Å²) in [6, 6.07) is 16.3. The molecule has 0 saturated carbocycles. The summed E-state index contributed by atoms with van der Waals surface area (Å²) in [6.07, 6.45) is 3.84. The third-order valence-corrected chi connectivity index (χ3v) is 6.58. The molecule has 0 saturated heterocycles. The summed E-state index contributed by atoms with van der Waals surface area (Å²) in [7, 11) is 0. The van der Waals surface area contributed by atoms with E-state index in [1.54, 1.807) is 23.1 Å². The van der Waals surface area contributed by atoms with E-state index in [1.807, 2.05) is 55.5 Å². The zero-order chi connectivity index (χ0) is 25.2. The topological polar surface area (TPSA) is 99.1 Å². The Morgan fingerprint density at radius 2 is 1.89 bits per heavy atom. The minimum Gasteiger partial charge on any atom is -0.482 e. The Morgan fingerprint density at radius 1 is 1.17 bits per heavy atom. The van der Waals surface area contributed by atoms with Crippen molar-refractivity contribution in [1.29, 1.82) is 0 Å². The lowest BCUT2D eigenvalue weighted by Gasteiger charge is -2.40. The number of amides is 2. The van der Waals surface area contributed by atoms with E-state index in [1.165, 1.54) is 6.08 Å². The summed E-state index contributed by atoms with van der Waals surface area (Å²) in [5, 5.41) is 23.2. The van der Waals surface area contributed by atoms with Crippen LogP contribution in [0.3, 0.4) is 0 Å². The second-order valence-electron chi connectivity index (χ2n) is 8.21. The first kappa shape index (κ1) is 26.9. The summed E-state index contributed by atoms with van der Waals surface area (Å²) < 4.78 is 7.02. The van der Waals surface area contributed by atoms with Gasteiger partial charge in [0.2, 0.25) is 11.8 Å². The summed E-state index contributed by atoms with van der Waals surface area (Å²) in [5.74, 6) is -0.0238. The van der Waals surface area contributed by atoms with Gasteiger partial charge < -0.3 is 25.2 Å². The highest BCUT2D eigenvalue weighted by atomic mass is 127. The SMILES string of the molecule is CCC=CC(=O)N(Cc1ccccc1)[C@@H]1CC(C(=O)NCCO)=C[C@H](Oc2ccccc2I)[C@H]1O. The number of benzene rings is 2. The van der Waals surface area contributed by atoms with E-state index in [2.05, 4.69) is 27.9 Å². The highest BCUT2D eigenvalue weighted by Gasteiger charge is 2.40. The van der Waals surface area contributed by atoms with Crippen LogP contribution in [0.2, 0.25) is 0 Å². The smallest absolute Gasteiger partial charge is 0.247 e. The van der Waals surface area contributed by atoms with Gasteiger partial charge in [0.1, 0.15) is 18.0 Å². The molecule has 3 N–H and O–H groups in total. The Labute approximate surface area is 219 Å². The molecule has 0 bridgehead atoms. The van der Waals surface area contributed by atoms with Crippen LogP contribution >= 0.6 is 22.6 Å². The van der Waals surface area contributed by atoms with Gasteiger partial charge in [-0.1, -0.05) is 55.5 Å². The van der Waals surface area contributed by atoms with E-state index in [4.69, 9.17) is 9.84 Å². The van der Waals surface area contributed by atoms with Gasteiger partial charge in [-0.3, -0.25) is 9.59 Å². The van der Waals surface area contributed by atoms with E-state index in [0.717, 1.165) is 9.13 Å². The molecular formula is C27H31IN2O5. The van der Waals surface area contributed by atoms with Crippen LogP contribution in [0.4, 0.5) is 0 Å². The van der Waals surface area contributed by atoms with Crippen LogP contribution in [0.5, 0.6) is 5.75 Å². The molecule has 0 radical (unpaired) electrons. The molecule has 3 rings (SSSR count). The zero-order valence-corrected chi connectivity index (χ0v) is 21.8. The van der Waals surface area contributed by atoms with Crippen molar-refractivity contribution >= 4 is 34.4 Å². The van der Waals surface area contributed by atoms with Gasteiger partial charge in [0.05, 0.1) is 16.2 Å². The van der Waals surface area contributed by atoms with Gasteiger partial charge in [0.25, 0.3) is 0 Å². The van der Waals surface area contributed by atoms with E-state index < -0.39 is 18.2 Å². The maximum atomic E-state index is 13.3. The number of allylic oxidation sites excluding steroid dienone is 1.